The van der Waals surface area contributed by atoms with Crippen molar-refractivity contribution in [3.8, 4) is 11.5 Å². The summed E-state index contributed by atoms with van der Waals surface area (Å²) in [6.07, 6.45) is 0. The zero-order valence-electron chi connectivity index (χ0n) is 12.3. The predicted molar refractivity (Wildman–Crippen MR) is 86.2 cm³/mol. The van der Waals surface area contributed by atoms with Gasteiger partial charge in [0, 0.05) is 24.1 Å². The summed E-state index contributed by atoms with van der Waals surface area (Å²) in [5, 5.41) is 13.9. The van der Waals surface area contributed by atoms with Crippen molar-refractivity contribution in [2.24, 2.45) is 5.16 Å². The molecule has 0 atom stereocenters. The second kappa shape index (κ2) is 7.23. The number of halogens is 2. The molecule has 2 rings (SSSR count). The molecule has 0 amide bonds. The van der Waals surface area contributed by atoms with E-state index in [0.29, 0.717) is 10.2 Å². The highest BCUT2D eigenvalue weighted by Gasteiger charge is 2.19. The fourth-order valence-electron chi connectivity index (χ4n) is 1.90. The van der Waals surface area contributed by atoms with Crippen LogP contribution >= 0.6 is 15.9 Å². The first kappa shape index (κ1) is 17.0. The van der Waals surface area contributed by atoms with Gasteiger partial charge in [0.25, 0.3) is 0 Å². The number of methoxy groups -OCH3 is 1. The fourth-order valence-corrected chi connectivity index (χ4v) is 2.40. The molecule has 0 fully saturated rings. The van der Waals surface area contributed by atoms with E-state index in [4.69, 9.17) is 4.74 Å². The molecule has 5 nitrogen and oxygen atoms in total. The highest BCUT2D eigenvalue weighted by atomic mass is 79.9. The summed E-state index contributed by atoms with van der Waals surface area (Å²) in [4.78, 5) is 15.7. The normalized spacial score (nSPS) is 11.2. The fraction of sp³-hybridized carbons (Fsp3) is 0.125. The number of carbonyl (C=O) groups is 1. The van der Waals surface area contributed by atoms with Gasteiger partial charge in [-0.05, 0) is 34.1 Å². The smallest absolute Gasteiger partial charge is 0.332 e. The van der Waals surface area contributed by atoms with Crippen molar-refractivity contribution in [2.45, 2.75) is 6.92 Å². The van der Waals surface area contributed by atoms with E-state index >= 15 is 0 Å². The largest absolute Gasteiger partial charge is 0.507 e. The SMILES string of the molecule is COc1cc(O)c(/C(=N\OC(C)=O)c2ccccc2F)cc1Br. The number of nitrogens with zero attached hydrogens (tertiary/aromatic N) is 1. The summed E-state index contributed by atoms with van der Waals surface area (Å²) in [7, 11) is 1.45. The van der Waals surface area contributed by atoms with Crippen molar-refractivity contribution < 1.29 is 23.9 Å². The van der Waals surface area contributed by atoms with E-state index in [1.54, 1.807) is 6.07 Å². The summed E-state index contributed by atoms with van der Waals surface area (Å²) in [6.45, 7) is 1.17. The molecule has 2 aromatic rings. The van der Waals surface area contributed by atoms with Crippen LogP contribution in [0.15, 0.2) is 46.0 Å². The Kier molecular flexibility index (Phi) is 5.33. The van der Waals surface area contributed by atoms with E-state index in [0.717, 1.165) is 0 Å². The molecule has 1 N–H and O–H groups in total. The number of carbonyl (C=O) groups excluding carboxylic acids is 1. The maximum atomic E-state index is 14.1. The third kappa shape index (κ3) is 3.87. The van der Waals surface area contributed by atoms with Crippen molar-refractivity contribution in [2.75, 3.05) is 7.11 Å². The molecule has 0 aliphatic heterocycles. The van der Waals surface area contributed by atoms with Crippen LogP contribution in [0, 0.1) is 5.82 Å². The molecule has 0 saturated carbocycles. The molecule has 0 aromatic heterocycles. The Labute approximate surface area is 140 Å². The maximum Gasteiger partial charge on any atom is 0.332 e. The zero-order chi connectivity index (χ0) is 17.0. The molecule has 23 heavy (non-hydrogen) atoms. The van der Waals surface area contributed by atoms with Crippen LogP contribution in [0.2, 0.25) is 0 Å². The molecule has 0 unspecified atom stereocenters. The summed E-state index contributed by atoms with van der Waals surface area (Å²) in [6, 6.07) is 8.69. The minimum Gasteiger partial charge on any atom is -0.507 e. The Bertz CT molecular complexity index is 777. The maximum absolute atomic E-state index is 14.1. The lowest BCUT2D eigenvalue weighted by Gasteiger charge is -2.12. The van der Waals surface area contributed by atoms with Crippen molar-refractivity contribution in [1.29, 1.82) is 0 Å². The third-order valence-corrected chi connectivity index (χ3v) is 3.54. The lowest BCUT2D eigenvalue weighted by molar-refractivity contribution is -0.140. The summed E-state index contributed by atoms with van der Waals surface area (Å²) in [5.41, 5.74) is 0.254. The molecule has 0 aliphatic rings. The number of phenolic OH excluding ortho intramolecular Hbond substituents is 1. The number of ether oxygens (including phenoxy) is 1. The van der Waals surface area contributed by atoms with Gasteiger partial charge in [0.05, 0.1) is 11.6 Å². The monoisotopic (exact) mass is 381 g/mol. The first-order valence-corrected chi connectivity index (χ1v) is 7.30. The van der Waals surface area contributed by atoms with Crippen LogP contribution < -0.4 is 4.74 Å². The van der Waals surface area contributed by atoms with Gasteiger partial charge in [-0.15, -0.1) is 0 Å². The lowest BCUT2D eigenvalue weighted by atomic mass is 10.0. The van der Waals surface area contributed by atoms with Gasteiger partial charge in [-0.2, -0.15) is 0 Å². The van der Waals surface area contributed by atoms with Crippen LogP contribution in [-0.2, 0) is 9.63 Å². The van der Waals surface area contributed by atoms with Gasteiger partial charge >= 0.3 is 5.97 Å². The second-order valence-electron chi connectivity index (χ2n) is 4.51. The van der Waals surface area contributed by atoms with Crippen LogP contribution in [0.3, 0.4) is 0 Å². The highest BCUT2D eigenvalue weighted by Crippen LogP contribution is 2.34. The summed E-state index contributed by atoms with van der Waals surface area (Å²) in [5.74, 6) is -1.03. The number of benzene rings is 2. The van der Waals surface area contributed by atoms with Gasteiger partial charge in [-0.25, -0.2) is 9.18 Å². The molecule has 120 valence electrons. The molecule has 0 spiro atoms. The molecule has 0 heterocycles. The van der Waals surface area contributed by atoms with E-state index < -0.39 is 11.8 Å². The molecule has 0 radical (unpaired) electrons. The van der Waals surface area contributed by atoms with E-state index in [2.05, 4.69) is 25.9 Å². The molecule has 2 aromatic carbocycles. The summed E-state index contributed by atoms with van der Waals surface area (Å²) < 4.78 is 19.7. The summed E-state index contributed by atoms with van der Waals surface area (Å²) >= 11 is 3.29. The predicted octanol–water partition coefficient (Wildman–Crippen LogP) is 3.62. The van der Waals surface area contributed by atoms with Crippen molar-refractivity contribution >= 4 is 27.6 Å². The van der Waals surface area contributed by atoms with Gasteiger partial charge in [-0.1, -0.05) is 17.3 Å². The molecule has 7 heteroatoms. The van der Waals surface area contributed by atoms with Gasteiger partial charge in [0.15, 0.2) is 0 Å². The molecular formula is C16H13BrFNO4. The van der Waals surface area contributed by atoms with E-state index in [9.17, 15) is 14.3 Å². The van der Waals surface area contributed by atoms with Gasteiger partial charge in [0.1, 0.15) is 23.0 Å². The Hall–Kier alpha value is -2.41. The lowest BCUT2D eigenvalue weighted by Crippen LogP contribution is -2.09. The molecular weight excluding hydrogens is 369 g/mol. The van der Waals surface area contributed by atoms with Crippen molar-refractivity contribution in [3.63, 3.8) is 0 Å². The standard InChI is InChI=1S/C16H13BrFNO4/c1-9(20)23-19-16(10-5-3-4-6-13(10)18)11-7-12(17)15(22-2)8-14(11)21/h3-8,21H,1-2H3/b19-16-. The van der Waals surface area contributed by atoms with Crippen LogP contribution in [0.5, 0.6) is 11.5 Å². The van der Waals surface area contributed by atoms with E-state index in [1.807, 2.05) is 0 Å². The van der Waals surface area contributed by atoms with Gasteiger partial charge in [0.2, 0.25) is 0 Å². The zero-order valence-corrected chi connectivity index (χ0v) is 13.9. The second-order valence-corrected chi connectivity index (χ2v) is 5.36. The number of phenols is 1. The number of aromatic hydroxyl groups is 1. The van der Waals surface area contributed by atoms with Crippen LogP contribution in [0.1, 0.15) is 18.1 Å². The van der Waals surface area contributed by atoms with Crippen LogP contribution in [0.4, 0.5) is 4.39 Å². The van der Waals surface area contributed by atoms with Gasteiger partial charge < -0.3 is 14.7 Å². The van der Waals surface area contributed by atoms with Gasteiger partial charge in [-0.3, -0.25) is 0 Å². The minimum atomic E-state index is -0.661. The molecule has 0 bridgehead atoms. The Morgan fingerprint density at radius 2 is 1.96 bits per heavy atom. The van der Waals surface area contributed by atoms with E-state index in [-0.39, 0.29) is 22.6 Å². The minimum absolute atomic E-state index is 0.0147. The topological polar surface area (TPSA) is 68.1 Å². The number of hydrogen-bond donors (Lipinski definition) is 1. The molecule has 0 aliphatic carbocycles. The number of oxime groups is 1. The quantitative estimate of drug-likeness (QED) is 0.498. The number of hydrogen-bond acceptors (Lipinski definition) is 5. The van der Waals surface area contributed by atoms with Crippen molar-refractivity contribution in [3.05, 3.63) is 57.8 Å². The Morgan fingerprint density at radius 3 is 2.57 bits per heavy atom. The average molecular weight is 382 g/mol. The first-order valence-electron chi connectivity index (χ1n) is 6.51. The van der Waals surface area contributed by atoms with Crippen LogP contribution in [0.25, 0.3) is 0 Å². The highest BCUT2D eigenvalue weighted by molar-refractivity contribution is 9.10. The first-order chi connectivity index (χ1) is 10.9. The Morgan fingerprint density at radius 1 is 1.26 bits per heavy atom. The van der Waals surface area contributed by atoms with Crippen molar-refractivity contribution in [1.82, 2.24) is 0 Å². The Balaban J connectivity index is 2.64. The number of rotatable bonds is 4. The third-order valence-electron chi connectivity index (χ3n) is 2.92. The van der Waals surface area contributed by atoms with E-state index in [1.165, 1.54) is 44.4 Å². The van der Waals surface area contributed by atoms with Crippen LogP contribution in [-0.4, -0.2) is 23.9 Å². The molecule has 0 saturated heterocycles. The average Bonchev–Trinajstić information content (AvgIpc) is 2.51.